The zero-order chi connectivity index (χ0) is 14.8. The van der Waals surface area contributed by atoms with Gasteiger partial charge in [-0.1, -0.05) is 41.9 Å². The van der Waals surface area contributed by atoms with E-state index in [1.165, 1.54) is 17.5 Å². The van der Waals surface area contributed by atoms with Gasteiger partial charge in [0.1, 0.15) is 0 Å². The Morgan fingerprint density at radius 3 is 2.86 bits per heavy atom. The SMILES string of the molecule is OC(CC1CCCc2ccccc21)c1ccc(I)c(Cl)c1. The van der Waals surface area contributed by atoms with E-state index in [1.54, 1.807) is 0 Å². The minimum atomic E-state index is -0.448. The Morgan fingerprint density at radius 2 is 2.05 bits per heavy atom. The van der Waals surface area contributed by atoms with Crippen molar-refractivity contribution in [3.05, 3.63) is 67.7 Å². The lowest BCUT2D eigenvalue weighted by Gasteiger charge is -2.27. The lowest BCUT2D eigenvalue weighted by molar-refractivity contribution is 0.154. The van der Waals surface area contributed by atoms with E-state index in [1.807, 2.05) is 18.2 Å². The van der Waals surface area contributed by atoms with E-state index in [0.717, 1.165) is 33.4 Å². The summed E-state index contributed by atoms with van der Waals surface area (Å²) in [5, 5.41) is 11.3. The zero-order valence-electron chi connectivity index (χ0n) is 11.7. The van der Waals surface area contributed by atoms with Crippen LogP contribution in [0.4, 0.5) is 0 Å². The van der Waals surface area contributed by atoms with Crippen LogP contribution in [0.3, 0.4) is 0 Å². The Balaban J connectivity index is 1.79. The predicted octanol–water partition coefficient (Wildman–Crippen LogP) is 5.49. The number of halogens is 2. The molecule has 1 aliphatic rings. The second-order valence-electron chi connectivity index (χ2n) is 5.71. The third-order valence-corrected chi connectivity index (χ3v) is 5.90. The first-order valence-corrected chi connectivity index (χ1v) is 8.81. The first-order valence-electron chi connectivity index (χ1n) is 7.36. The van der Waals surface area contributed by atoms with Gasteiger partial charge in [-0.25, -0.2) is 0 Å². The van der Waals surface area contributed by atoms with Crippen molar-refractivity contribution in [2.24, 2.45) is 0 Å². The van der Waals surface area contributed by atoms with E-state index in [9.17, 15) is 5.11 Å². The fraction of sp³-hybridized carbons (Fsp3) is 0.333. The van der Waals surface area contributed by atoms with Crippen molar-refractivity contribution in [1.29, 1.82) is 0 Å². The Bertz CT molecular complexity index is 641. The third kappa shape index (κ3) is 3.43. The highest BCUT2D eigenvalue weighted by molar-refractivity contribution is 14.1. The second-order valence-corrected chi connectivity index (χ2v) is 7.28. The van der Waals surface area contributed by atoms with Gasteiger partial charge < -0.3 is 5.11 Å². The molecule has 110 valence electrons. The molecule has 1 N–H and O–H groups in total. The van der Waals surface area contributed by atoms with Crippen molar-refractivity contribution in [1.82, 2.24) is 0 Å². The monoisotopic (exact) mass is 412 g/mol. The van der Waals surface area contributed by atoms with Gasteiger partial charge in [-0.2, -0.15) is 0 Å². The number of aliphatic hydroxyl groups excluding tert-OH is 1. The van der Waals surface area contributed by atoms with Gasteiger partial charge in [-0.15, -0.1) is 0 Å². The van der Waals surface area contributed by atoms with Crippen LogP contribution in [0, 0.1) is 3.57 Å². The number of rotatable bonds is 3. The molecular formula is C18H18ClIO. The Hall–Kier alpha value is -0.580. The lowest BCUT2D eigenvalue weighted by Crippen LogP contribution is -2.13. The summed E-state index contributed by atoms with van der Waals surface area (Å²) in [6, 6.07) is 14.5. The van der Waals surface area contributed by atoms with Crippen molar-refractivity contribution in [2.45, 2.75) is 37.7 Å². The van der Waals surface area contributed by atoms with E-state index in [2.05, 4.69) is 46.9 Å². The van der Waals surface area contributed by atoms with Crippen LogP contribution in [0.5, 0.6) is 0 Å². The standard InChI is InChI=1S/C18H18ClIO/c19-16-10-14(8-9-17(16)20)18(21)11-13-6-3-5-12-4-1-2-7-15(12)13/h1-2,4,7-10,13,18,21H,3,5-6,11H2. The van der Waals surface area contributed by atoms with E-state index < -0.39 is 6.10 Å². The maximum Gasteiger partial charge on any atom is 0.0796 e. The van der Waals surface area contributed by atoms with Gasteiger partial charge in [-0.05, 0) is 83.0 Å². The predicted molar refractivity (Wildman–Crippen MR) is 95.9 cm³/mol. The topological polar surface area (TPSA) is 20.2 Å². The molecule has 0 amide bonds. The molecule has 1 nitrogen and oxygen atoms in total. The average molecular weight is 413 g/mol. The summed E-state index contributed by atoms with van der Waals surface area (Å²) in [4.78, 5) is 0. The molecule has 2 atom stereocenters. The molecule has 0 heterocycles. The van der Waals surface area contributed by atoms with E-state index in [-0.39, 0.29) is 0 Å². The first kappa shape index (κ1) is 15.3. The van der Waals surface area contributed by atoms with Crippen LogP contribution in [0.25, 0.3) is 0 Å². The van der Waals surface area contributed by atoms with Gasteiger partial charge in [0.2, 0.25) is 0 Å². The van der Waals surface area contributed by atoms with Crippen LogP contribution in [-0.2, 0) is 6.42 Å². The van der Waals surface area contributed by atoms with E-state index in [4.69, 9.17) is 11.6 Å². The molecule has 2 aromatic carbocycles. The molecule has 0 radical (unpaired) electrons. The van der Waals surface area contributed by atoms with Crippen LogP contribution < -0.4 is 0 Å². The smallest absolute Gasteiger partial charge is 0.0796 e. The molecule has 3 rings (SSSR count). The van der Waals surface area contributed by atoms with Gasteiger partial charge in [0.25, 0.3) is 0 Å². The average Bonchev–Trinajstić information content (AvgIpc) is 2.50. The Kier molecular flexibility index (Phi) is 4.87. The second kappa shape index (κ2) is 6.67. The highest BCUT2D eigenvalue weighted by Gasteiger charge is 2.23. The minimum Gasteiger partial charge on any atom is -0.388 e. The Morgan fingerprint density at radius 1 is 1.24 bits per heavy atom. The fourth-order valence-corrected chi connectivity index (χ4v) is 3.75. The molecule has 0 bridgehead atoms. The van der Waals surface area contributed by atoms with Crippen LogP contribution >= 0.6 is 34.2 Å². The number of benzene rings is 2. The van der Waals surface area contributed by atoms with Crippen molar-refractivity contribution >= 4 is 34.2 Å². The maximum atomic E-state index is 10.6. The third-order valence-electron chi connectivity index (χ3n) is 4.33. The summed E-state index contributed by atoms with van der Waals surface area (Å²) >= 11 is 8.37. The Labute approximate surface area is 144 Å². The molecule has 2 aromatic rings. The largest absolute Gasteiger partial charge is 0.388 e. The lowest BCUT2D eigenvalue weighted by atomic mass is 9.79. The number of hydrogen-bond acceptors (Lipinski definition) is 1. The fourth-order valence-electron chi connectivity index (χ4n) is 3.22. The quantitative estimate of drug-likeness (QED) is 0.661. The van der Waals surface area contributed by atoms with Gasteiger partial charge in [-0.3, -0.25) is 0 Å². The van der Waals surface area contributed by atoms with Gasteiger partial charge in [0.05, 0.1) is 11.1 Å². The summed E-state index contributed by atoms with van der Waals surface area (Å²) in [6.07, 6.45) is 3.86. The molecule has 0 saturated carbocycles. The molecule has 0 spiro atoms. The van der Waals surface area contributed by atoms with Gasteiger partial charge in [0.15, 0.2) is 0 Å². The van der Waals surface area contributed by atoms with Crippen LogP contribution in [-0.4, -0.2) is 5.11 Å². The minimum absolute atomic E-state index is 0.447. The summed E-state index contributed by atoms with van der Waals surface area (Å²) in [5.41, 5.74) is 3.78. The van der Waals surface area contributed by atoms with Gasteiger partial charge in [0, 0.05) is 3.57 Å². The van der Waals surface area contributed by atoms with Crippen molar-refractivity contribution in [2.75, 3.05) is 0 Å². The van der Waals surface area contributed by atoms with E-state index >= 15 is 0 Å². The highest BCUT2D eigenvalue weighted by atomic mass is 127. The summed E-state index contributed by atoms with van der Waals surface area (Å²) in [6.45, 7) is 0. The number of fused-ring (bicyclic) bond motifs is 1. The molecule has 0 aliphatic heterocycles. The van der Waals surface area contributed by atoms with Crippen molar-refractivity contribution in [3.8, 4) is 0 Å². The number of aliphatic hydroxyl groups is 1. The molecule has 21 heavy (non-hydrogen) atoms. The van der Waals surface area contributed by atoms with Gasteiger partial charge >= 0.3 is 0 Å². The summed E-state index contributed by atoms with van der Waals surface area (Å²) in [7, 11) is 0. The molecule has 0 aromatic heterocycles. The zero-order valence-corrected chi connectivity index (χ0v) is 14.6. The molecule has 3 heteroatoms. The first-order chi connectivity index (χ1) is 10.1. The molecule has 1 aliphatic carbocycles. The van der Waals surface area contributed by atoms with Crippen LogP contribution in [0.15, 0.2) is 42.5 Å². The normalized spacial score (nSPS) is 19.1. The summed E-state index contributed by atoms with van der Waals surface area (Å²) < 4.78 is 1.02. The number of hydrogen-bond donors (Lipinski definition) is 1. The van der Waals surface area contributed by atoms with Crippen molar-refractivity contribution in [3.63, 3.8) is 0 Å². The van der Waals surface area contributed by atoms with Crippen LogP contribution in [0.2, 0.25) is 5.02 Å². The maximum absolute atomic E-state index is 10.6. The van der Waals surface area contributed by atoms with Crippen molar-refractivity contribution < 1.29 is 5.11 Å². The highest BCUT2D eigenvalue weighted by Crippen LogP contribution is 2.38. The number of aryl methyl sites for hydroxylation is 1. The van der Waals surface area contributed by atoms with E-state index in [0.29, 0.717) is 5.92 Å². The molecular weight excluding hydrogens is 395 g/mol. The molecule has 0 saturated heterocycles. The summed E-state index contributed by atoms with van der Waals surface area (Å²) in [5.74, 6) is 0.447. The molecule has 2 unspecified atom stereocenters. The molecule has 0 fully saturated rings. The van der Waals surface area contributed by atoms with Crippen LogP contribution in [0.1, 0.15) is 48.0 Å².